The Kier molecular flexibility index (Phi) is 4.79. The number of ether oxygens (including phenoxy) is 1. The quantitative estimate of drug-likeness (QED) is 0.444. The van der Waals surface area contributed by atoms with E-state index in [9.17, 15) is 9.18 Å². The van der Waals surface area contributed by atoms with Crippen molar-refractivity contribution in [3.63, 3.8) is 0 Å². The third kappa shape index (κ3) is 3.76. The molecule has 172 valence electrons. The molecule has 9 nitrogen and oxygen atoms in total. The zero-order chi connectivity index (χ0) is 23.2. The maximum atomic E-state index is 13.3. The number of anilines is 2. The number of carbonyl (C=O) groups is 1. The first kappa shape index (κ1) is 20.4. The number of aryl methyl sites for hydroxylation is 1. The molecule has 0 bridgehead atoms. The number of fused-ring (bicyclic) bond motifs is 1. The Labute approximate surface area is 193 Å². The molecular weight excluding hydrogens is 441 g/mol. The Morgan fingerprint density at radius 2 is 2.06 bits per heavy atom. The minimum Gasteiger partial charge on any atom is -0.490 e. The lowest BCUT2D eigenvalue weighted by molar-refractivity contribution is 0.0997. The van der Waals surface area contributed by atoms with Gasteiger partial charge in [0.1, 0.15) is 18.5 Å². The molecule has 1 aliphatic carbocycles. The van der Waals surface area contributed by atoms with Crippen LogP contribution in [0.15, 0.2) is 51.5 Å². The molecule has 1 amide bonds. The van der Waals surface area contributed by atoms with E-state index in [1.807, 2.05) is 37.3 Å². The van der Waals surface area contributed by atoms with Gasteiger partial charge in [-0.25, -0.2) is 9.37 Å². The van der Waals surface area contributed by atoms with E-state index >= 15 is 0 Å². The Hall–Kier alpha value is -4.21. The van der Waals surface area contributed by atoms with E-state index in [-0.39, 0.29) is 11.7 Å². The van der Waals surface area contributed by atoms with Crippen molar-refractivity contribution < 1.29 is 22.9 Å². The van der Waals surface area contributed by atoms with Gasteiger partial charge in [0, 0.05) is 23.4 Å². The minimum atomic E-state index is -0.918. The van der Waals surface area contributed by atoms with Crippen LogP contribution >= 0.6 is 0 Å². The molecule has 0 saturated heterocycles. The van der Waals surface area contributed by atoms with Crippen molar-refractivity contribution in [1.29, 1.82) is 0 Å². The summed E-state index contributed by atoms with van der Waals surface area (Å²) in [6.45, 7) is 3.20. The first-order valence-electron chi connectivity index (χ1n) is 10.9. The van der Waals surface area contributed by atoms with Gasteiger partial charge in [0.25, 0.3) is 5.91 Å². The standard InChI is InChI=1S/C24H20FN5O4/c1-12-2-3-13(21-29-24(34-30-21)15-10-16(15)25)8-17(12)28-22(31)20-11-27-23(33-20)14-4-5-19-18(9-14)26-6-7-32-19/h2-5,8-9,11,15-16,26H,6-7,10H2,1H3,(H,28,31)/t15-,16-/m0/s1. The van der Waals surface area contributed by atoms with Crippen LogP contribution in [-0.2, 0) is 0 Å². The molecule has 6 rings (SSSR count). The maximum absolute atomic E-state index is 13.3. The SMILES string of the molecule is Cc1ccc(-c2noc([C@H]3C[C@@H]3F)n2)cc1NC(=O)c1cnc(-c2ccc3c(c2)NCCO3)o1. The number of hydrogen-bond donors (Lipinski definition) is 2. The highest BCUT2D eigenvalue weighted by Crippen LogP contribution is 2.43. The van der Waals surface area contributed by atoms with Crippen LogP contribution in [0.2, 0.25) is 0 Å². The third-order valence-corrected chi connectivity index (χ3v) is 5.85. The van der Waals surface area contributed by atoms with Crippen molar-refractivity contribution in [2.75, 3.05) is 23.8 Å². The van der Waals surface area contributed by atoms with Crippen LogP contribution in [0.4, 0.5) is 15.8 Å². The van der Waals surface area contributed by atoms with E-state index in [0.717, 1.165) is 29.1 Å². The number of hydrogen-bond acceptors (Lipinski definition) is 8. The molecule has 4 aromatic rings. The first-order chi connectivity index (χ1) is 16.5. The summed E-state index contributed by atoms with van der Waals surface area (Å²) in [4.78, 5) is 21.4. The van der Waals surface area contributed by atoms with Crippen LogP contribution in [0.3, 0.4) is 0 Å². The van der Waals surface area contributed by atoms with Gasteiger partial charge in [0.15, 0.2) is 0 Å². The predicted molar refractivity (Wildman–Crippen MR) is 121 cm³/mol. The molecule has 1 fully saturated rings. The van der Waals surface area contributed by atoms with Crippen molar-refractivity contribution in [3.8, 4) is 28.6 Å². The van der Waals surface area contributed by atoms with Crippen molar-refractivity contribution in [2.45, 2.75) is 25.4 Å². The van der Waals surface area contributed by atoms with Gasteiger partial charge >= 0.3 is 0 Å². The Morgan fingerprint density at radius 1 is 1.21 bits per heavy atom. The Morgan fingerprint density at radius 3 is 2.91 bits per heavy atom. The summed E-state index contributed by atoms with van der Waals surface area (Å²) in [7, 11) is 0. The Bertz CT molecular complexity index is 1400. The topological polar surface area (TPSA) is 115 Å². The lowest BCUT2D eigenvalue weighted by Crippen LogP contribution is -2.17. The number of nitrogens with one attached hydrogen (secondary N) is 2. The molecule has 2 aromatic carbocycles. The summed E-state index contributed by atoms with van der Waals surface area (Å²) in [5, 5.41) is 10.1. The lowest BCUT2D eigenvalue weighted by Gasteiger charge is -2.19. The highest BCUT2D eigenvalue weighted by molar-refractivity contribution is 6.03. The normalized spacial score (nSPS) is 18.5. The number of oxazole rings is 1. The minimum absolute atomic E-state index is 0.0753. The second-order valence-corrected chi connectivity index (χ2v) is 8.31. The van der Waals surface area contributed by atoms with E-state index in [4.69, 9.17) is 13.7 Å². The van der Waals surface area contributed by atoms with Crippen molar-refractivity contribution >= 4 is 17.3 Å². The van der Waals surface area contributed by atoms with E-state index in [0.29, 0.717) is 41.9 Å². The monoisotopic (exact) mass is 461 g/mol. The number of amides is 1. The van der Waals surface area contributed by atoms with Gasteiger partial charge in [0.05, 0.1) is 17.8 Å². The van der Waals surface area contributed by atoms with Gasteiger partial charge in [-0.2, -0.15) is 4.98 Å². The van der Waals surface area contributed by atoms with Gasteiger partial charge in [-0.3, -0.25) is 4.79 Å². The van der Waals surface area contributed by atoms with Crippen LogP contribution in [-0.4, -0.2) is 40.4 Å². The number of carbonyl (C=O) groups excluding carboxylic acids is 1. The van der Waals surface area contributed by atoms with E-state index in [1.54, 1.807) is 6.07 Å². The zero-order valence-corrected chi connectivity index (χ0v) is 18.2. The fraction of sp³-hybridized carbons (Fsp3) is 0.250. The number of benzene rings is 2. The molecule has 2 aromatic heterocycles. The number of alkyl halides is 1. The second-order valence-electron chi connectivity index (χ2n) is 8.31. The average molecular weight is 461 g/mol. The van der Waals surface area contributed by atoms with Crippen LogP contribution in [0.25, 0.3) is 22.8 Å². The summed E-state index contributed by atoms with van der Waals surface area (Å²) in [6.07, 6.45) is 0.881. The van der Waals surface area contributed by atoms with Gasteiger partial charge in [0.2, 0.25) is 23.4 Å². The third-order valence-electron chi connectivity index (χ3n) is 5.85. The fourth-order valence-corrected chi connectivity index (χ4v) is 3.79. The maximum Gasteiger partial charge on any atom is 0.293 e. The molecule has 2 atom stereocenters. The van der Waals surface area contributed by atoms with E-state index < -0.39 is 12.1 Å². The fourth-order valence-electron chi connectivity index (χ4n) is 3.79. The molecule has 3 heterocycles. The molecule has 0 radical (unpaired) electrons. The van der Waals surface area contributed by atoms with Crippen molar-refractivity contribution in [3.05, 3.63) is 59.8 Å². The Balaban J connectivity index is 1.20. The number of halogens is 1. The van der Waals surface area contributed by atoms with Crippen LogP contribution in [0.5, 0.6) is 5.75 Å². The summed E-state index contributed by atoms with van der Waals surface area (Å²) in [5.74, 6) is 1.06. The lowest BCUT2D eigenvalue weighted by atomic mass is 10.1. The molecule has 2 aliphatic rings. The van der Waals surface area contributed by atoms with E-state index in [1.165, 1.54) is 6.20 Å². The highest BCUT2D eigenvalue weighted by atomic mass is 19.1. The van der Waals surface area contributed by atoms with Crippen LogP contribution < -0.4 is 15.4 Å². The number of rotatable bonds is 5. The first-order valence-corrected chi connectivity index (χ1v) is 10.9. The van der Waals surface area contributed by atoms with E-state index in [2.05, 4.69) is 25.8 Å². The average Bonchev–Trinajstić information content (AvgIpc) is 3.23. The van der Waals surface area contributed by atoms with Crippen LogP contribution in [0, 0.1) is 6.92 Å². The molecule has 34 heavy (non-hydrogen) atoms. The molecule has 0 spiro atoms. The van der Waals surface area contributed by atoms with Crippen molar-refractivity contribution in [2.24, 2.45) is 0 Å². The highest BCUT2D eigenvalue weighted by Gasteiger charge is 2.43. The number of aromatic nitrogens is 3. The molecule has 2 N–H and O–H groups in total. The van der Waals surface area contributed by atoms with Gasteiger partial charge in [-0.05, 0) is 43.2 Å². The van der Waals surface area contributed by atoms with Crippen LogP contribution in [0.1, 0.15) is 34.3 Å². The summed E-state index contributed by atoms with van der Waals surface area (Å²) in [6, 6.07) is 11.0. The number of nitrogens with zero attached hydrogens (tertiary/aromatic N) is 3. The summed E-state index contributed by atoms with van der Waals surface area (Å²) >= 11 is 0. The molecule has 1 aliphatic heterocycles. The molecular formula is C24H20FN5O4. The largest absolute Gasteiger partial charge is 0.490 e. The van der Waals surface area contributed by atoms with Gasteiger partial charge in [-0.15, -0.1) is 0 Å². The molecule has 0 unspecified atom stereocenters. The second kappa shape index (κ2) is 7.98. The summed E-state index contributed by atoms with van der Waals surface area (Å²) in [5.41, 5.74) is 3.64. The molecule has 10 heteroatoms. The van der Waals surface area contributed by atoms with Gasteiger partial charge < -0.3 is 24.3 Å². The van der Waals surface area contributed by atoms with Crippen molar-refractivity contribution in [1.82, 2.24) is 15.1 Å². The zero-order valence-electron chi connectivity index (χ0n) is 18.2. The summed E-state index contributed by atoms with van der Waals surface area (Å²) < 4.78 is 29.8. The smallest absolute Gasteiger partial charge is 0.293 e. The predicted octanol–water partition coefficient (Wildman–Crippen LogP) is 4.58. The van der Waals surface area contributed by atoms with Gasteiger partial charge in [-0.1, -0.05) is 17.3 Å². The molecule has 1 saturated carbocycles.